The van der Waals surface area contributed by atoms with Crippen LogP contribution in [0, 0.1) is 11.7 Å². The molecule has 0 spiro atoms. The van der Waals surface area contributed by atoms with Crippen LogP contribution in [0.1, 0.15) is 5.56 Å². The molecule has 2 unspecified atom stereocenters. The maximum absolute atomic E-state index is 13.0. The fourth-order valence-electron chi connectivity index (χ4n) is 2.22. The van der Waals surface area contributed by atoms with Gasteiger partial charge in [-0.25, -0.2) is 4.39 Å². The Morgan fingerprint density at radius 2 is 2.19 bits per heavy atom. The quantitative estimate of drug-likeness (QED) is 0.852. The van der Waals surface area contributed by atoms with Gasteiger partial charge in [-0.3, -0.25) is 9.59 Å². The van der Waals surface area contributed by atoms with Gasteiger partial charge in [0.1, 0.15) is 11.7 Å². The van der Waals surface area contributed by atoms with Gasteiger partial charge >= 0.3 is 5.97 Å². The van der Waals surface area contributed by atoms with E-state index in [1.807, 2.05) is 0 Å². The monoisotopic (exact) mass is 293 g/mol. The van der Waals surface area contributed by atoms with Gasteiger partial charge in [-0.1, -0.05) is 12.1 Å². The summed E-state index contributed by atoms with van der Waals surface area (Å²) in [7, 11) is 1.54. The highest BCUT2D eigenvalue weighted by Crippen LogP contribution is 2.19. The number of carboxylic acids is 1. The van der Waals surface area contributed by atoms with Gasteiger partial charge in [0.15, 0.2) is 0 Å². The van der Waals surface area contributed by atoms with Crippen LogP contribution < -0.4 is 0 Å². The molecule has 1 aromatic rings. The van der Waals surface area contributed by atoms with Gasteiger partial charge in [0.05, 0.1) is 19.3 Å². The number of nitrogens with zero attached hydrogens (tertiary/aromatic N) is 1. The molecule has 6 heteroatoms. The normalized spacial score (nSPS) is 21.6. The van der Waals surface area contributed by atoms with E-state index in [1.165, 1.54) is 36.2 Å². The molecule has 0 radical (unpaired) electrons. The summed E-state index contributed by atoms with van der Waals surface area (Å²) in [5.41, 5.74) is 0.564. The molecule has 0 bridgehead atoms. The number of amides is 1. The van der Waals surface area contributed by atoms with Crippen molar-refractivity contribution in [1.82, 2.24) is 4.90 Å². The summed E-state index contributed by atoms with van der Waals surface area (Å²) in [6.45, 7) is 0.304. The maximum Gasteiger partial charge on any atom is 0.311 e. The van der Waals surface area contributed by atoms with Gasteiger partial charge < -0.3 is 14.7 Å². The first-order valence-corrected chi connectivity index (χ1v) is 6.50. The summed E-state index contributed by atoms with van der Waals surface area (Å²) >= 11 is 0. The van der Waals surface area contributed by atoms with Crippen LogP contribution in [0.15, 0.2) is 30.3 Å². The van der Waals surface area contributed by atoms with Crippen LogP contribution in [0.2, 0.25) is 0 Å². The second-order valence-electron chi connectivity index (χ2n) is 4.89. The summed E-state index contributed by atoms with van der Waals surface area (Å²) in [6, 6.07) is 5.36. The van der Waals surface area contributed by atoms with Crippen molar-refractivity contribution in [2.24, 2.45) is 5.92 Å². The molecule has 1 aromatic carbocycles. The highest BCUT2D eigenvalue weighted by atomic mass is 19.1. The molecule has 1 saturated heterocycles. The number of benzene rings is 1. The number of hydrogen-bond donors (Lipinski definition) is 1. The van der Waals surface area contributed by atoms with Crippen LogP contribution in [0.3, 0.4) is 0 Å². The van der Waals surface area contributed by atoms with Crippen LogP contribution in [0.25, 0.3) is 6.08 Å². The molecule has 112 valence electrons. The molecule has 0 saturated carbocycles. The highest BCUT2D eigenvalue weighted by molar-refractivity contribution is 5.92. The summed E-state index contributed by atoms with van der Waals surface area (Å²) in [5.74, 6) is -2.43. The minimum absolute atomic E-state index is 0.102. The summed E-state index contributed by atoms with van der Waals surface area (Å²) in [5, 5.41) is 9.08. The van der Waals surface area contributed by atoms with Crippen LogP contribution in [-0.4, -0.2) is 48.2 Å². The molecule has 2 atom stereocenters. The standard InChI is InChI=1S/C15H16FNO4/c1-17(13-9-21-8-12(13)15(19)20)14(18)6-5-10-3-2-4-11(16)7-10/h2-7,12-13H,8-9H2,1H3,(H,19,20). The predicted molar refractivity (Wildman–Crippen MR) is 73.9 cm³/mol. The van der Waals surface area contributed by atoms with Crippen molar-refractivity contribution in [3.8, 4) is 0 Å². The van der Waals surface area contributed by atoms with E-state index in [2.05, 4.69) is 0 Å². The third kappa shape index (κ3) is 3.66. The molecule has 1 amide bonds. The number of aliphatic carboxylic acids is 1. The Balaban J connectivity index is 2.04. The fourth-order valence-corrected chi connectivity index (χ4v) is 2.22. The average molecular weight is 293 g/mol. The van der Waals surface area contributed by atoms with E-state index in [0.717, 1.165) is 0 Å². The fraction of sp³-hybridized carbons (Fsp3) is 0.333. The molecule has 1 fully saturated rings. The van der Waals surface area contributed by atoms with Gasteiger partial charge in [0, 0.05) is 13.1 Å². The largest absolute Gasteiger partial charge is 0.481 e. The first kappa shape index (κ1) is 15.2. The van der Waals surface area contributed by atoms with E-state index in [-0.39, 0.29) is 24.9 Å². The lowest BCUT2D eigenvalue weighted by Crippen LogP contribution is -2.43. The van der Waals surface area contributed by atoms with Gasteiger partial charge in [-0.05, 0) is 23.8 Å². The van der Waals surface area contributed by atoms with E-state index in [0.29, 0.717) is 5.56 Å². The third-order valence-electron chi connectivity index (χ3n) is 3.48. The lowest BCUT2D eigenvalue weighted by molar-refractivity contribution is -0.143. The van der Waals surface area contributed by atoms with E-state index >= 15 is 0 Å². The molecule has 1 aliphatic rings. The van der Waals surface area contributed by atoms with Crippen LogP contribution in [-0.2, 0) is 14.3 Å². The number of halogens is 1. The van der Waals surface area contributed by atoms with E-state index in [4.69, 9.17) is 9.84 Å². The Hall–Kier alpha value is -2.21. The Morgan fingerprint density at radius 1 is 1.43 bits per heavy atom. The zero-order chi connectivity index (χ0) is 15.4. The molecule has 1 N–H and O–H groups in total. The number of hydrogen-bond acceptors (Lipinski definition) is 3. The topological polar surface area (TPSA) is 66.8 Å². The van der Waals surface area contributed by atoms with Crippen molar-refractivity contribution in [3.63, 3.8) is 0 Å². The van der Waals surface area contributed by atoms with E-state index in [9.17, 15) is 14.0 Å². The van der Waals surface area contributed by atoms with E-state index < -0.39 is 17.9 Å². The minimum atomic E-state index is -0.980. The molecule has 1 heterocycles. The lowest BCUT2D eigenvalue weighted by Gasteiger charge is -2.25. The Kier molecular flexibility index (Phi) is 4.70. The van der Waals surface area contributed by atoms with Crippen LogP contribution in [0.4, 0.5) is 4.39 Å². The first-order valence-electron chi connectivity index (χ1n) is 6.50. The second kappa shape index (κ2) is 6.49. The molecule has 5 nitrogen and oxygen atoms in total. The number of carboxylic acid groups (broad SMARTS) is 1. The Morgan fingerprint density at radius 3 is 2.86 bits per heavy atom. The maximum atomic E-state index is 13.0. The molecule has 2 rings (SSSR count). The second-order valence-corrected chi connectivity index (χ2v) is 4.89. The Bertz CT molecular complexity index is 573. The van der Waals surface area contributed by atoms with Gasteiger partial charge in [0.25, 0.3) is 0 Å². The number of likely N-dealkylation sites (N-methyl/N-ethyl adjacent to an activating group) is 1. The van der Waals surface area contributed by atoms with E-state index in [1.54, 1.807) is 12.1 Å². The molecule has 0 aromatic heterocycles. The number of ether oxygens (including phenoxy) is 1. The molecular formula is C15H16FNO4. The van der Waals surface area contributed by atoms with Gasteiger partial charge in [0.2, 0.25) is 5.91 Å². The van der Waals surface area contributed by atoms with Crippen molar-refractivity contribution in [2.45, 2.75) is 6.04 Å². The van der Waals surface area contributed by atoms with Gasteiger partial charge in [-0.2, -0.15) is 0 Å². The van der Waals surface area contributed by atoms with Crippen molar-refractivity contribution in [3.05, 3.63) is 41.7 Å². The summed E-state index contributed by atoms with van der Waals surface area (Å²) in [4.78, 5) is 24.5. The lowest BCUT2D eigenvalue weighted by atomic mass is 10.0. The minimum Gasteiger partial charge on any atom is -0.481 e. The molecular weight excluding hydrogens is 277 g/mol. The summed E-state index contributed by atoms with van der Waals surface area (Å²) < 4.78 is 18.2. The molecule has 21 heavy (non-hydrogen) atoms. The smallest absolute Gasteiger partial charge is 0.311 e. The number of carbonyl (C=O) groups is 2. The van der Waals surface area contributed by atoms with Crippen molar-refractivity contribution < 1.29 is 23.8 Å². The zero-order valence-electron chi connectivity index (χ0n) is 11.5. The van der Waals surface area contributed by atoms with Crippen LogP contribution >= 0.6 is 0 Å². The van der Waals surface area contributed by atoms with Crippen molar-refractivity contribution in [1.29, 1.82) is 0 Å². The highest BCUT2D eigenvalue weighted by Gasteiger charge is 2.37. The first-order chi connectivity index (χ1) is 9.99. The number of rotatable bonds is 4. The predicted octanol–water partition coefficient (Wildman–Crippen LogP) is 1.40. The number of carbonyl (C=O) groups excluding carboxylic acids is 1. The Labute approximate surface area is 121 Å². The van der Waals surface area contributed by atoms with Crippen molar-refractivity contribution >= 4 is 18.0 Å². The molecule has 1 aliphatic heterocycles. The molecule has 0 aliphatic carbocycles. The van der Waals surface area contributed by atoms with Crippen molar-refractivity contribution in [2.75, 3.05) is 20.3 Å². The third-order valence-corrected chi connectivity index (χ3v) is 3.48. The van der Waals surface area contributed by atoms with Crippen LogP contribution in [0.5, 0.6) is 0 Å². The zero-order valence-corrected chi connectivity index (χ0v) is 11.5. The average Bonchev–Trinajstić information content (AvgIpc) is 2.93. The summed E-state index contributed by atoms with van der Waals surface area (Å²) in [6.07, 6.45) is 2.79. The SMILES string of the molecule is CN(C(=O)C=Cc1cccc(F)c1)C1COCC1C(=O)O. The van der Waals surface area contributed by atoms with Gasteiger partial charge in [-0.15, -0.1) is 0 Å².